The lowest BCUT2D eigenvalue weighted by molar-refractivity contribution is -0.163. The van der Waals surface area contributed by atoms with E-state index in [2.05, 4.69) is 26.5 Å². The van der Waals surface area contributed by atoms with Crippen LogP contribution in [0.3, 0.4) is 0 Å². The Bertz CT molecular complexity index is 387. The third-order valence-corrected chi connectivity index (χ3v) is 3.67. The maximum atomic E-state index is 12.1. The summed E-state index contributed by atoms with van der Waals surface area (Å²) in [6.45, 7) is 15.1. The standard InChI is InChI=1S/C16H28O3/c1-9-19-13(17)16(8,15(6,7)18)11-10-12(2)14(3,4)5/h11,18H,9H2,1-8H3. The van der Waals surface area contributed by atoms with E-state index >= 15 is 0 Å². The van der Waals surface area contributed by atoms with Crippen LogP contribution in [0, 0.1) is 10.8 Å². The predicted molar refractivity (Wildman–Crippen MR) is 77.8 cm³/mol. The summed E-state index contributed by atoms with van der Waals surface area (Å²) < 4.78 is 5.07. The van der Waals surface area contributed by atoms with E-state index in [-0.39, 0.29) is 5.41 Å². The maximum Gasteiger partial charge on any atom is 0.319 e. The summed E-state index contributed by atoms with van der Waals surface area (Å²) in [5.74, 6) is -0.434. The predicted octanol–water partition coefficient (Wildman–Crippen LogP) is 3.47. The zero-order valence-corrected chi connectivity index (χ0v) is 13.5. The normalized spacial score (nSPS) is 15.2. The molecule has 0 bridgehead atoms. The molecule has 3 heteroatoms. The van der Waals surface area contributed by atoms with E-state index in [0.717, 1.165) is 5.57 Å². The van der Waals surface area contributed by atoms with Gasteiger partial charge in [-0.25, -0.2) is 0 Å². The summed E-state index contributed by atoms with van der Waals surface area (Å²) in [7, 11) is 0. The van der Waals surface area contributed by atoms with Crippen molar-refractivity contribution in [2.24, 2.45) is 10.8 Å². The smallest absolute Gasteiger partial charge is 0.319 e. The average Bonchev–Trinajstić information content (AvgIpc) is 2.22. The quantitative estimate of drug-likeness (QED) is 0.627. The molecule has 0 aromatic carbocycles. The van der Waals surface area contributed by atoms with Gasteiger partial charge in [0.2, 0.25) is 0 Å². The van der Waals surface area contributed by atoms with Crippen LogP contribution in [0.2, 0.25) is 0 Å². The van der Waals surface area contributed by atoms with Crippen LogP contribution in [0.1, 0.15) is 55.4 Å². The molecule has 1 N–H and O–H groups in total. The molecule has 3 nitrogen and oxygen atoms in total. The number of carbonyl (C=O) groups excluding carboxylic acids is 1. The van der Waals surface area contributed by atoms with E-state index < -0.39 is 17.0 Å². The Kier molecular flexibility index (Phi) is 5.61. The first-order valence-corrected chi connectivity index (χ1v) is 6.70. The van der Waals surface area contributed by atoms with Gasteiger partial charge in [-0.3, -0.25) is 4.79 Å². The van der Waals surface area contributed by atoms with Gasteiger partial charge in [0.25, 0.3) is 0 Å². The Morgan fingerprint density at radius 2 is 1.68 bits per heavy atom. The van der Waals surface area contributed by atoms with Crippen molar-refractivity contribution in [1.82, 2.24) is 0 Å². The fourth-order valence-electron chi connectivity index (χ4n) is 1.24. The highest BCUT2D eigenvalue weighted by Crippen LogP contribution is 2.34. The molecule has 0 saturated carbocycles. The highest BCUT2D eigenvalue weighted by molar-refractivity contribution is 5.80. The third kappa shape index (κ3) is 4.52. The van der Waals surface area contributed by atoms with Crippen molar-refractivity contribution in [1.29, 1.82) is 0 Å². The number of hydrogen-bond donors (Lipinski definition) is 1. The molecule has 0 aromatic rings. The van der Waals surface area contributed by atoms with Crippen LogP contribution in [-0.2, 0) is 9.53 Å². The zero-order chi connectivity index (χ0) is 15.5. The van der Waals surface area contributed by atoms with Crippen LogP contribution in [-0.4, -0.2) is 23.3 Å². The second-order valence-corrected chi connectivity index (χ2v) is 6.65. The molecule has 0 fully saturated rings. The van der Waals surface area contributed by atoms with E-state index in [1.807, 2.05) is 6.92 Å². The van der Waals surface area contributed by atoms with Crippen molar-refractivity contribution >= 4 is 5.97 Å². The summed E-state index contributed by atoms with van der Waals surface area (Å²) in [6, 6.07) is 0. The lowest BCUT2D eigenvalue weighted by Crippen LogP contribution is -2.46. The Morgan fingerprint density at radius 3 is 2.00 bits per heavy atom. The molecule has 0 aliphatic rings. The van der Waals surface area contributed by atoms with Crippen LogP contribution in [0.4, 0.5) is 0 Å². The molecule has 110 valence electrons. The first-order valence-electron chi connectivity index (χ1n) is 6.70. The lowest BCUT2D eigenvalue weighted by atomic mass is 9.75. The molecule has 1 unspecified atom stereocenters. The van der Waals surface area contributed by atoms with E-state index in [0.29, 0.717) is 6.61 Å². The molecule has 0 radical (unpaired) electrons. The van der Waals surface area contributed by atoms with Gasteiger partial charge in [0, 0.05) is 0 Å². The van der Waals surface area contributed by atoms with Crippen molar-refractivity contribution in [3.8, 4) is 0 Å². The molecule has 0 amide bonds. The van der Waals surface area contributed by atoms with Crippen LogP contribution in [0.15, 0.2) is 17.4 Å². The topological polar surface area (TPSA) is 46.5 Å². The Balaban J connectivity index is 5.69. The first-order chi connectivity index (χ1) is 8.36. The maximum absolute atomic E-state index is 12.1. The second-order valence-electron chi connectivity index (χ2n) is 6.65. The number of esters is 1. The number of rotatable bonds is 4. The second kappa shape index (κ2) is 5.94. The summed E-state index contributed by atoms with van der Waals surface area (Å²) in [5, 5.41) is 10.3. The van der Waals surface area contributed by atoms with Crippen molar-refractivity contribution in [3.05, 3.63) is 17.4 Å². The van der Waals surface area contributed by atoms with Crippen LogP contribution in [0.5, 0.6) is 0 Å². The van der Waals surface area contributed by atoms with Gasteiger partial charge < -0.3 is 9.84 Å². The zero-order valence-electron chi connectivity index (χ0n) is 13.5. The minimum absolute atomic E-state index is 0.0222. The molecule has 19 heavy (non-hydrogen) atoms. The molecule has 0 aromatic heterocycles. The van der Waals surface area contributed by atoms with Crippen molar-refractivity contribution in [2.75, 3.05) is 6.61 Å². The summed E-state index contributed by atoms with van der Waals surface area (Å²) in [5.41, 5.74) is 1.80. The van der Waals surface area contributed by atoms with Gasteiger partial charge in [-0.2, -0.15) is 0 Å². The van der Waals surface area contributed by atoms with Gasteiger partial charge in [-0.1, -0.05) is 20.8 Å². The van der Waals surface area contributed by atoms with E-state index in [1.165, 1.54) is 0 Å². The third-order valence-electron chi connectivity index (χ3n) is 3.67. The molecule has 0 heterocycles. The Labute approximate surface area is 117 Å². The Hall–Kier alpha value is -1.05. The van der Waals surface area contributed by atoms with Gasteiger partial charge in [-0.05, 0) is 51.7 Å². The number of aliphatic hydroxyl groups is 1. The fourth-order valence-corrected chi connectivity index (χ4v) is 1.24. The van der Waals surface area contributed by atoms with E-state index in [1.54, 1.807) is 33.8 Å². The van der Waals surface area contributed by atoms with Gasteiger partial charge in [0.1, 0.15) is 5.41 Å². The SMILES string of the molecule is CCOC(=O)C(C)(C=C=C(C)C(C)(C)C)C(C)(C)O. The average molecular weight is 268 g/mol. The molecule has 0 spiro atoms. The lowest BCUT2D eigenvalue weighted by Gasteiger charge is -2.35. The molecule has 0 aliphatic carbocycles. The molecular formula is C16H28O3. The molecule has 0 aliphatic heterocycles. The van der Waals surface area contributed by atoms with Gasteiger partial charge in [0.05, 0.1) is 12.2 Å². The van der Waals surface area contributed by atoms with Crippen LogP contribution in [0.25, 0.3) is 0 Å². The minimum Gasteiger partial charge on any atom is -0.465 e. The number of carbonyl (C=O) groups is 1. The van der Waals surface area contributed by atoms with Crippen LogP contribution >= 0.6 is 0 Å². The summed E-state index contributed by atoms with van der Waals surface area (Å²) in [6.07, 6.45) is 1.63. The van der Waals surface area contributed by atoms with Crippen molar-refractivity contribution < 1.29 is 14.6 Å². The summed E-state index contributed by atoms with van der Waals surface area (Å²) in [4.78, 5) is 12.1. The van der Waals surface area contributed by atoms with Gasteiger partial charge in [-0.15, -0.1) is 5.73 Å². The van der Waals surface area contributed by atoms with E-state index in [4.69, 9.17) is 4.74 Å². The Morgan fingerprint density at radius 1 is 1.21 bits per heavy atom. The minimum atomic E-state index is -1.22. The fraction of sp³-hybridized carbons (Fsp3) is 0.750. The molecule has 0 rings (SSSR count). The first kappa shape index (κ1) is 17.9. The van der Waals surface area contributed by atoms with Gasteiger partial charge in [0.15, 0.2) is 0 Å². The monoisotopic (exact) mass is 268 g/mol. The largest absolute Gasteiger partial charge is 0.465 e. The molecule has 0 saturated heterocycles. The van der Waals surface area contributed by atoms with E-state index in [9.17, 15) is 9.90 Å². The van der Waals surface area contributed by atoms with Crippen LogP contribution < -0.4 is 0 Å². The van der Waals surface area contributed by atoms with Crippen molar-refractivity contribution in [3.63, 3.8) is 0 Å². The number of ether oxygens (including phenoxy) is 1. The molecule has 1 atom stereocenters. The highest BCUT2D eigenvalue weighted by Gasteiger charge is 2.45. The number of hydrogen-bond acceptors (Lipinski definition) is 3. The van der Waals surface area contributed by atoms with Crippen molar-refractivity contribution in [2.45, 2.75) is 61.0 Å². The highest BCUT2D eigenvalue weighted by atomic mass is 16.5. The summed E-state index contributed by atoms with van der Waals surface area (Å²) >= 11 is 0. The molecular weight excluding hydrogens is 240 g/mol. The van der Waals surface area contributed by atoms with Gasteiger partial charge >= 0.3 is 5.97 Å².